The molecule has 1 atom stereocenters. The normalized spacial score (nSPS) is 15.7. The average Bonchev–Trinajstić information content (AvgIpc) is 3.25. The Balaban J connectivity index is 1.47. The number of aryl methyl sites for hydroxylation is 2. The summed E-state index contributed by atoms with van der Waals surface area (Å²) < 4.78 is 1.98. The van der Waals surface area contributed by atoms with Crippen LogP contribution >= 0.6 is 11.8 Å². The maximum atomic E-state index is 13.0. The Hall–Kier alpha value is -2.60. The standard InChI is InChI=1S/C23H26N4OS/c1-3-17-9-5-7-13-20(17)27-16-24-25-23(27)29-15-22(28)26(2)21-14-8-11-18-10-4-6-12-19(18)21/h4-7,9-10,12-13,16,21H,3,8,11,14-15H2,1-2H3/t21-/m0/s1. The summed E-state index contributed by atoms with van der Waals surface area (Å²) in [6, 6.07) is 16.9. The lowest BCUT2D eigenvalue weighted by atomic mass is 9.87. The van der Waals surface area contributed by atoms with Crippen LogP contribution in [0.25, 0.3) is 5.69 Å². The molecular weight excluding hydrogens is 380 g/mol. The number of hydrogen-bond donors (Lipinski definition) is 0. The van der Waals surface area contributed by atoms with E-state index in [1.807, 2.05) is 28.6 Å². The molecule has 29 heavy (non-hydrogen) atoms. The summed E-state index contributed by atoms with van der Waals surface area (Å²) in [6.07, 6.45) is 5.89. The fourth-order valence-electron chi connectivity index (χ4n) is 4.07. The molecule has 5 nitrogen and oxygen atoms in total. The van der Waals surface area contributed by atoms with Crippen molar-refractivity contribution in [3.63, 3.8) is 0 Å². The maximum absolute atomic E-state index is 13.0. The van der Waals surface area contributed by atoms with E-state index in [2.05, 4.69) is 53.5 Å². The number of rotatable bonds is 6. The lowest BCUT2D eigenvalue weighted by Gasteiger charge is -2.33. The van der Waals surface area contributed by atoms with Crippen molar-refractivity contribution in [1.29, 1.82) is 0 Å². The van der Waals surface area contributed by atoms with Crippen molar-refractivity contribution in [3.8, 4) is 5.69 Å². The summed E-state index contributed by atoms with van der Waals surface area (Å²) in [7, 11) is 1.92. The van der Waals surface area contributed by atoms with Gasteiger partial charge in [0.2, 0.25) is 5.91 Å². The predicted molar refractivity (Wildman–Crippen MR) is 116 cm³/mol. The van der Waals surface area contributed by atoms with Crippen LogP contribution in [0, 0.1) is 0 Å². The van der Waals surface area contributed by atoms with E-state index < -0.39 is 0 Å². The van der Waals surface area contributed by atoms with Gasteiger partial charge in [-0.1, -0.05) is 61.2 Å². The molecule has 1 aliphatic carbocycles. The first-order valence-electron chi connectivity index (χ1n) is 10.1. The number of nitrogens with zero attached hydrogens (tertiary/aromatic N) is 4. The van der Waals surface area contributed by atoms with Gasteiger partial charge in [-0.2, -0.15) is 0 Å². The van der Waals surface area contributed by atoms with Crippen LogP contribution in [-0.2, 0) is 17.6 Å². The highest BCUT2D eigenvalue weighted by molar-refractivity contribution is 7.99. The molecule has 1 amide bonds. The topological polar surface area (TPSA) is 51.0 Å². The molecule has 0 unspecified atom stereocenters. The lowest BCUT2D eigenvalue weighted by Crippen LogP contribution is -2.34. The number of hydrogen-bond acceptors (Lipinski definition) is 4. The van der Waals surface area contributed by atoms with Crippen LogP contribution < -0.4 is 0 Å². The molecular formula is C23H26N4OS. The summed E-state index contributed by atoms with van der Waals surface area (Å²) in [5, 5.41) is 9.08. The highest BCUT2D eigenvalue weighted by atomic mass is 32.2. The van der Waals surface area contributed by atoms with Crippen LogP contribution in [0.4, 0.5) is 0 Å². The Labute approximate surface area is 176 Å². The van der Waals surface area contributed by atoms with Crippen molar-refractivity contribution >= 4 is 17.7 Å². The van der Waals surface area contributed by atoms with Crippen LogP contribution in [0.3, 0.4) is 0 Å². The number of aromatic nitrogens is 3. The summed E-state index contributed by atoms with van der Waals surface area (Å²) >= 11 is 1.45. The fraction of sp³-hybridized carbons (Fsp3) is 0.348. The van der Waals surface area contributed by atoms with Crippen LogP contribution in [0.2, 0.25) is 0 Å². The lowest BCUT2D eigenvalue weighted by molar-refractivity contribution is -0.129. The SMILES string of the molecule is CCc1ccccc1-n1cnnc1SCC(=O)N(C)[C@H]1CCCc2ccccc21. The van der Waals surface area contributed by atoms with E-state index in [0.29, 0.717) is 5.75 Å². The van der Waals surface area contributed by atoms with Crippen LogP contribution in [0.1, 0.15) is 42.5 Å². The van der Waals surface area contributed by atoms with Crippen molar-refractivity contribution in [1.82, 2.24) is 19.7 Å². The van der Waals surface area contributed by atoms with E-state index in [4.69, 9.17) is 0 Å². The Morgan fingerprint density at radius 3 is 2.86 bits per heavy atom. The zero-order valence-corrected chi connectivity index (χ0v) is 17.7. The Morgan fingerprint density at radius 1 is 1.21 bits per heavy atom. The molecule has 4 rings (SSSR count). The predicted octanol–water partition coefficient (Wildman–Crippen LogP) is 4.46. The van der Waals surface area contributed by atoms with E-state index in [9.17, 15) is 4.79 Å². The maximum Gasteiger partial charge on any atom is 0.233 e. The first-order chi connectivity index (χ1) is 14.2. The molecule has 150 valence electrons. The minimum Gasteiger partial charge on any atom is -0.338 e. The van der Waals surface area contributed by atoms with Gasteiger partial charge in [0.1, 0.15) is 6.33 Å². The van der Waals surface area contributed by atoms with Crippen molar-refractivity contribution in [2.24, 2.45) is 0 Å². The zero-order chi connectivity index (χ0) is 20.2. The third-order valence-electron chi connectivity index (χ3n) is 5.67. The van der Waals surface area contributed by atoms with E-state index in [1.165, 1.54) is 28.5 Å². The number of benzene rings is 2. The van der Waals surface area contributed by atoms with E-state index >= 15 is 0 Å². The highest BCUT2D eigenvalue weighted by Crippen LogP contribution is 2.34. The van der Waals surface area contributed by atoms with Crippen molar-refractivity contribution in [2.45, 2.75) is 43.8 Å². The number of fused-ring (bicyclic) bond motifs is 1. The molecule has 0 radical (unpaired) electrons. The number of thioether (sulfide) groups is 1. The summed E-state index contributed by atoms with van der Waals surface area (Å²) in [5.41, 5.74) is 4.97. The van der Waals surface area contributed by atoms with Gasteiger partial charge in [-0.25, -0.2) is 0 Å². The second-order valence-corrected chi connectivity index (χ2v) is 8.31. The van der Waals surface area contributed by atoms with Gasteiger partial charge in [0.05, 0.1) is 17.5 Å². The number of amides is 1. The second kappa shape index (κ2) is 8.82. The van der Waals surface area contributed by atoms with Gasteiger partial charge >= 0.3 is 0 Å². The minimum atomic E-state index is 0.120. The van der Waals surface area contributed by atoms with Gasteiger partial charge in [-0.15, -0.1) is 10.2 Å². The Kier molecular flexibility index (Phi) is 6.00. The van der Waals surface area contributed by atoms with Crippen LogP contribution in [0.15, 0.2) is 60.0 Å². The van der Waals surface area contributed by atoms with Gasteiger partial charge in [-0.05, 0) is 48.4 Å². The van der Waals surface area contributed by atoms with Crippen LogP contribution in [0.5, 0.6) is 0 Å². The summed E-state index contributed by atoms with van der Waals surface area (Å²) in [5.74, 6) is 0.470. The minimum absolute atomic E-state index is 0.120. The molecule has 0 bridgehead atoms. The monoisotopic (exact) mass is 406 g/mol. The number of carbonyl (C=O) groups is 1. The quantitative estimate of drug-likeness (QED) is 0.567. The third-order valence-corrected chi connectivity index (χ3v) is 6.60. The number of carbonyl (C=O) groups excluding carboxylic acids is 1. The summed E-state index contributed by atoms with van der Waals surface area (Å²) in [6.45, 7) is 2.14. The first kappa shape index (κ1) is 19.7. The van der Waals surface area contributed by atoms with Gasteiger partial charge < -0.3 is 4.90 Å². The van der Waals surface area contributed by atoms with Crippen molar-refractivity contribution in [2.75, 3.05) is 12.8 Å². The average molecular weight is 407 g/mol. The molecule has 0 aliphatic heterocycles. The van der Waals surface area contributed by atoms with Gasteiger partial charge in [-0.3, -0.25) is 9.36 Å². The Morgan fingerprint density at radius 2 is 2.00 bits per heavy atom. The van der Waals surface area contributed by atoms with Gasteiger partial charge in [0, 0.05) is 7.05 Å². The van der Waals surface area contributed by atoms with Gasteiger partial charge in [0.15, 0.2) is 5.16 Å². The molecule has 1 aromatic heterocycles. The van der Waals surface area contributed by atoms with Crippen molar-refractivity contribution in [3.05, 3.63) is 71.5 Å². The molecule has 1 aliphatic rings. The number of para-hydroxylation sites is 1. The summed E-state index contributed by atoms with van der Waals surface area (Å²) in [4.78, 5) is 14.9. The van der Waals surface area contributed by atoms with Crippen LogP contribution in [-0.4, -0.2) is 38.4 Å². The largest absolute Gasteiger partial charge is 0.338 e. The molecule has 6 heteroatoms. The molecule has 0 spiro atoms. The molecule has 2 aromatic carbocycles. The highest BCUT2D eigenvalue weighted by Gasteiger charge is 2.26. The van der Waals surface area contributed by atoms with Crippen molar-refractivity contribution < 1.29 is 4.79 Å². The second-order valence-electron chi connectivity index (χ2n) is 7.37. The molecule has 3 aromatic rings. The first-order valence-corrected chi connectivity index (χ1v) is 11.1. The smallest absolute Gasteiger partial charge is 0.233 e. The third kappa shape index (κ3) is 4.08. The Bertz CT molecular complexity index is 1000. The molecule has 0 saturated carbocycles. The van der Waals surface area contributed by atoms with E-state index in [0.717, 1.165) is 36.5 Å². The zero-order valence-electron chi connectivity index (χ0n) is 16.9. The van der Waals surface area contributed by atoms with E-state index in [1.54, 1.807) is 6.33 Å². The molecule has 0 fully saturated rings. The fourth-order valence-corrected chi connectivity index (χ4v) is 4.91. The molecule has 0 saturated heterocycles. The molecule has 0 N–H and O–H groups in total. The van der Waals surface area contributed by atoms with E-state index in [-0.39, 0.29) is 11.9 Å². The van der Waals surface area contributed by atoms with Gasteiger partial charge in [0.25, 0.3) is 0 Å². The molecule has 1 heterocycles.